The molecule has 21 heavy (non-hydrogen) atoms. The quantitative estimate of drug-likeness (QED) is 0.586. The van der Waals surface area contributed by atoms with Crippen molar-refractivity contribution in [3.63, 3.8) is 0 Å². The van der Waals surface area contributed by atoms with E-state index in [0.29, 0.717) is 0 Å². The minimum Gasteiger partial charge on any atom is -0.274 e. The summed E-state index contributed by atoms with van der Waals surface area (Å²) in [6.07, 6.45) is 6.40. The lowest BCUT2D eigenvalue weighted by Crippen LogP contribution is -2.38. The zero-order chi connectivity index (χ0) is 14.7. The van der Waals surface area contributed by atoms with Gasteiger partial charge in [-0.1, -0.05) is 29.8 Å². The van der Waals surface area contributed by atoms with Crippen molar-refractivity contribution >= 4 is 17.5 Å². The number of allylic oxidation sites excluding steroid dienone is 2. The van der Waals surface area contributed by atoms with E-state index in [1.165, 1.54) is 4.90 Å². The van der Waals surface area contributed by atoms with Crippen molar-refractivity contribution in [2.24, 2.45) is 23.7 Å². The van der Waals surface area contributed by atoms with E-state index in [-0.39, 0.29) is 35.5 Å². The van der Waals surface area contributed by atoms with E-state index in [0.717, 1.165) is 29.7 Å². The maximum atomic E-state index is 12.8. The zero-order valence-electron chi connectivity index (χ0n) is 12.4. The van der Waals surface area contributed by atoms with Crippen LogP contribution in [0.25, 0.3) is 0 Å². The lowest BCUT2D eigenvalue weighted by Gasteiger charge is -2.38. The fraction of sp³-hybridized carbons (Fsp3) is 0.444. The summed E-state index contributed by atoms with van der Waals surface area (Å²) in [6, 6.07) is 5.91. The molecule has 3 aliphatic carbocycles. The van der Waals surface area contributed by atoms with E-state index in [4.69, 9.17) is 0 Å². The number of amides is 2. The molecule has 0 unspecified atom stereocenters. The second-order valence-electron chi connectivity index (χ2n) is 6.64. The van der Waals surface area contributed by atoms with Crippen molar-refractivity contribution in [2.45, 2.75) is 26.7 Å². The average Bonchev–Trinajstić information content (AvgIpc) is 2.75. The van der Waals surface area contributed by atoms with Crippen LogP contribution in [0.1, 0.15) is 24.0 Å². The first-order valence-corrected chi connectivity index (χ1v) is 7.71. The van der Waals surface area contributed by atoms with Crippen LogP contribution in [0.15, 0.2) is 30.4 Å². The molecule has 0 radical (unpaired) electrons. The molecule has 0 aromatic heterocycles. The highest BCUT2D eigenvalue weighted by Crippen LogP contribution is 2.50. The Morgan fingerprint density at radius 3 is 2.00 bits per heavy atom. The van der Waals surface area contributed by atoms with E-state index in [2.05, 4.69) is 12.2 Å². The smallest absolute Gasteiger partial charge is 0.238 e. The number of anilines is 1. The van der Waals surface area contributed by atoms with Crippen LogP contribution in [0.2, 0.25) is 0 Å². The Morgan fingerprint density at radius 1 is 0.952 bits per heavy atom. The van der Waals surface area contributed by atoms with Gasteiger partial charge in [0.25, 0.3) is 0 Å². The number of carbonyl (C=O) groups is 2. The van der Waals surface area contributed by atoms with E-state index in [1.807, 2.05) is 32.0 Å². The molecule has 0 spiro atoms. The molecule has 1 aliphatic heterocycles. The molecule has 4 atom stereocenters. The van der Waals surface area contributed by atoms with Crippen LogP contribution in [-0.2, 0) is 9.59 Å². The molecule has 1 aromatic rings. The topological polar surface area (TPSA) is 37.4 Å². The Hall–Kier alpha value is -1.90. The van der Waals surface area contributed by atoms with Gasteiger partial charge in [0.2, 0.25) is 11.8 Å². The average molecular weight is 281 g/mol. The van der Waals surface area contributed by atoms with Gasteiger partial charge >= 0.3 is 0 Å². The van der Waals surface area contributed by atoms with Crippen LogP contribution in [0.4, 0.5) is 5.69 Å². The Bertz CT molecular complexity index is 644. The van der Waals surface area contributed by atoms with Gasteiger partial charge in [0, 0.05) is 0 Å². The van der Waals surface area contributed by atoms with Gasteiger partial charge < -0.3 is 0 Å². The summed E-state index contributed by atoms with van der Waals surface area (Å²) in [5, 5.41) is 0. The first kappa shape index (κ1) is 12.8. The molecule has 3 nitrogen and oxygen atoms in total. The van der Waals surface area contributed by atoms with Gasteiger partial charge in [-0.3, -0.25) is 9.59 Å². The number of fused-ring (bicyclic) bond motifs is 1. The number of benzene rings is 1. The zero-order valence-corrected chi connectivity index (χ0v) is 12.4. The van der Waals surface area contributed by atoms with Crippen molar-refractivity contribution in [1.82, 2.24) is 0 Å². The number of rotatable bonds is 1. The molecule has 108 valence electrons. The summed E-state index contributed by atoms with van der Waals surface area (Å²) in [4.78, 5) is 27.2. The molecule has 0 N–H and O–H groups in total. The number of imide groups is 1. The van der Waals surface area contributed by atoms with Crippen molar-refractivity contribution in [1.29, 1.82) is 0 Å². The molecule has 1 aromatic carbocycles. The fourth-order valence-electron chi connectivity index (χ4n) is 4.37. The normalized spacial score (nSPS) is 33.7. The van der Waals surface area contributed by atoms with Gasteiger partial charge in [-0.05, 0) is 50.2 Å². The summed E-state index contributed by atoms with van der Waals surface area (Å²) in [6.45, 7) is 3.99. The van der Waals surface area contributed by atoms with Crippen molar-refractivity contribution in [3.8, 4) is 0 Å². The van der Waals surface area contributed by atoms with Gasteiger partial charge in [-0.2, -0.15) is 0 Å². The van der Waals surface area contributed by atoms with Gasteiger partial charge in [-0.25, -0.2) is 4.90 Å². The maximum absolute atomic E-state index is 12.8. The molecule has 5 rings (SSSR count). The van der Waals surface area contributed by atoms with Crippen LogP contribution < -0.4 is 4.90 Å². The lowest BCUT2D eigenvalue weighted by molar-refractivity contribution is -0.124. The lowest BCUT2D eigenvalue weighted by atomic mass is 9.63. The molecule has 3 heteroatoms. The highest BCUT2D eigenvalue weighted by molar-refractivity contribution is 6.22. The molecule has 2 fully saturated rings. The fourth-order valence-corrected chi connectivity index (χ4v) is 4.37. The third-order valence-corrected chi connectivity index (χ3v) is 5.35. The van der Waals surface area contributed by atoms with Crippen molar-refractivity contribution in [3.05, 3.63) is 41.5 Å². The van der Waals surface area contributed by atoms with Crippen LogP contribution in [0.3, 0.4) is 0 Å². The largest absolute Gasteiger partial charge is 0.274 e. The molecule has 2 amide bonds. The Kier molecular flexibility index (Phi) is 2.62. The van der Waals surface area contributed by atoms with Crippen LogP contribution >= 0.6 is 0 Å². The summed E-state index contributed by atoms with van der Waals surface area (Å²) in [5.41, 5.74) is 2.91. The molecule has 1 saturated heterocycles. The number of carbonyl (C=O) groups excluding carboxylic acids is 2. The van der Waals surface area contributed by atoms with Gasteiger partial charge in [0.1, 0.15) is 0 Å². The van der Waals surface area contributed by atoms with Crippen molar-refractivity contribution < 1.29 is 9.59 Å². The van der Waals surface area contributed by atoms with E-state index < -0.39 is 0 Å². The number of hydrogen-bond donors (Lipinski definition) is 0. The van der Waals surface area contributed by atoms with Gasteiger partial charge in [0.15, 0.2) is 0 Å². The number of aryl methyl sites for hydroxylation is 2. The third kappa shape index (κ3) is 1.66. The molecular formula is C18H19NO2. The first-order chi connectivity index (χ1) is 10.1. The summed E-state index contributed by atoms with van der Waals surface area (Å²) in [7, 11) is 0. The SMILES string of the molecule is Cc1ccc(N2C(=O)[C@@H]3[C@@H](C2=O)[C@H]2C=C[C@H]3CC2)c(C)c1. The minimum absolute atomic E-state index is 0.0102. The Labute approximate surface area is 124 Å². The highest BCUT2D eigenvalue weighted by Gasteiger charge is 2.56. The second-order valence-corrected chi connectivity index (χ2v) is 6.64. The summed E-state index contributed by atoms with van der Waals surface area (Å²) in [5.74, 6) is 0.287. The van der Waals surface area contributed by atoms with Crippen molar-refractivity contribution in [2.75, 3.05) is 4.90 Å². The van der Waals surface area contributed by atoms with Gasteiger partial charge in [-0.15, -0.1) is 0 Å². The standard InChI is InChI=1S/C18H19NO2/c1-10-3-8-14(11(2)9-10)19-17(20)15-12-4-5-13(7-6-12)16(15)18(19)21/h3-5,8-9,12-13,15-16H,6-7H2,1-2H3/t12-,13-,15-,16-/m0/s1. The second kappa shape index (κ2) is 4.30. The van der Waals surface area contributed by atoms with Crippen LogP contribution in [0.5, 0.6) is 0 Å². The summed E-state index contributed by atoms with van der Waals surface area (Å²) < 4.78 is 0. The minimum atomic E-state index is -0.123. The van der Waals surface area contributed by atoms with Crippen LogP contribution in [0, 0.1) is 37.5 Å². The molecule has 2 bridgehead atoms. The van der Waals surface area contributed by atoms with Gasteiger partial charge in [0.05, 0.1) is 17.5 Å². The maximum Gasteiger partial charge on any atom is 0.238 e. The number of nitrogens with zero attached hydrogens (tertiary/aromatic N) is 1. The predicted octanol–water partition coefficient (Wildman–Crippen LogP) is 3.01. The highest BCUT2D eigenvalue weighted by atomic mass is 16.2. The molecular weight excluding hydrogens is 262 g/mol. The van der Waals surface area contributed by atoms with E-state index >= 15 is 0 Å². The van der Waals surface area contributed by atoms with Crippen LogP contribution in [-0.4, -0.2) is 11.8 Å². The molecule has 4 aliphatic rings. The Morgan fingerprint density at radius 2 is 1.52 bits per heavy atom. The van der Waals surface area contributed by atoms with E-state index in [9.17, 15) is 9.59 Å². The summed E-state index contributed by atoms with van der Waals surface area (Å²) >= 11 is 0. The van der Waals surface area contributed by atoms with E-state index in [1.54, 1.807) is 0 Å². The third-order valence-electron chi connectivity index (χ3n) is 5.35. The monoisotopic (exact) mass is 281 g/mol. The molecule has 1 saturated carbocycles. The number of hydrogen-bond acceptors (Lipinski definition) is 2. The Balaban J connectivity index is 1.78. The molecule has 1 heterocycles. The first-order valence-electron chi connectivity index (χ1n) is 7.71. The predicted molar refractivity (Wildman–Crippen MR) is 80.7 cm³/mol.